The van der Waals surface area contributed by atoms with Crippen LogP contribution in [0.2, 0.25) is 0 Å². The third-order valence-electron chi connectivity index (χ3n) is 8.01. The molecule has 0 saturated carbocycles. The summed E-state index contributed by atoms with van der Waals surface area (Å²) in [7, 11) is 0. The Kier molecular flexibility index (Phi) is 6.41. The van der Waals surface area contributed by atoms with Crippen LogP contribution in [-0.4, -0.2) is 59.2 Å². The summed E-state index contributed by atoms with van der Waals surface area (Å²) in [4.78, 5) is 22.4. The minimum atomic E-state index is -4.86. The van der Waals surface area contributed by atoms with Gasteiger partial charge in [0.05, 0.1) is 25.0 Å². The molecule has 1 aliphatic carbocycles. The van der Waals surface area contributed by atoms with Crippen molar-refractivity contribution in [2.45, 2.75) is 56.6 Å². The number of aromatic amines is 1. The van der Waals surface area contributed by atoms with Gasteiger partial charge in [0.25, 0.3) is 5.91 Å². The molecule has 1 amide bonds. The second-order valence-corrected chi connectivity index (χ2v) is 10.3. The fraction of sp³-hybridized carbons (Fsp3) is 0.481. The van der Waals surface area contributed by atoms with E-state index in [0.717, 1.165) is 35.2 Å². The van der Waals surface area contributed by atoms with Gasteiger partial charge in [-0.3, -0.25) is 4.79 Å². The van der Waals surface area contributed by atoms with E-state index in [4.69, 9.17) is 15.2 Å². The first-order valence-electron chi connectivity index (χ1n) is 13.0. The van der Waals surface area contributed by atoms with Crippen LogP contribution in [-0.2, 0) is 22.3 Å². The number of nitrogen functional groups attached to an aromatic ring is 1. The number of rotatable bonds is 3. The quantitative estimate of drug-likeness (QED) is 0.359. The predicted octanol–water partition coefficient (Wildman–Crippen LogP) is 4.82. The molecule has 2 saturated heterocycles. The number of fused-ring (bicyclic) bond motifs is 3. The van der Waals surface area contributed by atoms with E-state index in [1.54, 1.807) is 4.90 Å². The van der Waals surface area contributed by atoms with Crippen LogP contribution in [0.25, 0.3) is 11.0 Å². The number of halogens is 4. The summed E-state index contributed by atoms with van der Waals surface area (Å²) >= 11 is 0. The first-order valence-corrected chi connectivity index (χ1v) is 13.0. The van der Waals surface area contributed by atoms with Gasteiger partial charge in [0, 0.05) is 54.3 Å². The number of pyridine rings is 1. The highest BCUT2D eigenvalue weighted by Crippen LogP contribution is 2.41. The number of hydrogen-bond acceptors (Lipinski definition) is 6. The van der Waals surface area contributed by atoms with E-state index in [1.165, 1.54) is 12.3 Å². The van der Waals surface area contributed by atoms with Crippen LogP contribution in [0.3, 0.4) is 0 Å². The van der Waals surface area contributed by atoms with Crippen LogP contribution in [0, 0.1) is 5.82 Å². The second kappa shape index (κ2) is 9.67. The molecule has 2 fully saturated rings. The number of nitrogens with zero attached hydrogens (tertiary/aromatic N) is 2. The van der Waals surface area contributed by atoms with Crippen molar-refractivity contribution in [1.29, 1.82) is 0 Å². The number of hydrogen-bond donors (Lipinski definition) is 2. The Morgan fingerprint density at radius 2 is 1.87 bits per heavy atom. The number of piperidine rings is 1. The Morgan fingerprint density at radius 1 is 1.15 bits per heavy atom. The number of nitrogens with two attached hydrogens (primary N) is 1. The molecule has 39 heavy (non-hydrogen) atoms. The van der Waals surface area contributed by atoms with Crippen LogP contribution >= 0.6 is 0 Å². The summed E-state index contributed by atoms with van der Waals surface area (Å²) < 4.78 is 68.6. The topological polar surface area (TPSA) is 103 Å². The first kappa shape index (κ1) is 25.9. The van der Waals surface area contributed by atoms with E-state index >= 15 is 4.39 Å². The summed E-state index contributed by atoms with van der Waals surface area (Å²) in [5, 5.41) is 0.814. The Labute approximate surface area is 221 Å². The zero-order valence-electron chi connectivity index (χ0n) is 21.1. The van der Waals surface area contributed by atoms with Crippen molar-refractivity contribution in [1.82, 2.24) is 14.9 Å². The summed E-state index contributed by atoms with van der Waals surface area (Å²) in [5.41, 5.74) is 9.23. The average Bonchev–Trinajstić information content (AvgIpc) is 3.45. The van der Waals surface area contributed by atoms with Crippen molar-refractivity contribution < 1.29 is 36.6 Å². The highest BCUT2D eigenvalue weighted by Gasteiger charge is 2.39. The van der Waals surface area contributed by atoms with E-state index in [1.807, 2.05) is 0 Å². The number of ether oxygens (including phenoxy) is 3. The lowest BCUT2D eigenvalue weighted by Gasteiger charge is -2.33. The molecule has 1 spiro atoms. The fourth-order valence-electron chi connectivity index (χ4n) is 6.18. The molecule has 4 heterocycles. The second-order valence-electron chi connectivity index (χ2n) is 10.3. The van der Waals surface area contributed by atoms with Gasteiger partial charge in [0.2, 0.25) is 0 Å². The lowest BCUT2D eigenvalue weighted by molar-refractivity contribution is -0.274. The Balaban J connectivity index is 1.20. The highest BCUT2D eigenvalue weighted by molar-refractivity contribution is 5.99. The molecular formula is C27H28F4N4O4. The lowest BCUT2D eigenvalue weighted by atomic mass is 9.86. The van der Waals surface area contributed by atoms with Gasteiger partial charge < -0.3 is 29.8 Å². The molecule has 3 aromatic rings. The maximum Gasteiger partial charge on any atom is 0.573 e. The molecule has 0 unspecified atom stereocenters. The largest absolute Gasteiger partial charge is 0.573 e. The van der Waals surface area contributed by atoms with E-state index < -0.39 is 17.9 Å². The van der Waals surface area contributed by atoms with E-state index in [9.17, 15) is 18.0 Å². The molecular weight excluding hydrogens is 520 g/mol. The average molecular weight is 549 g/mol. The van der Waals surface area contributed by atoms with Crippen molar-refractivity contribution in [3.8, 4) is 5.75 Å². The molecule has 3 aliphatic rings. The predicted molar refractivity (Wildman–Crippen MR) is 133 cm³/mol. The van der Waals surface area contributed by atoms with Gasteiger partial charge in [0.1, 0.15) is 17.2 Å². The van der Waals surface area contributed by atoms with Gasteiger partial charge >= 0.3 is 6.36 Å². The molecule has 8 nitrogen and oxygen atoms in total. The van der Waals surface area contributed by atoms with E-state index in [-0.39, 0.29) is 28.9 Å². The Bertz CT molecular complexity index is 1410. The molecule has 0 bridgehead atoms. The molecule has 6 rings (SSSR count). The van der Waals surface area contributed by atoms with E-state index in [2.05, 4.69) is 14.7 Å². The van der Waals surface area contributed by atoms with Gasteiger partial charge in [0.15, 0.2) is 5.79 Å². The summed E-state index contributed by atoms with van der Waals surface area (Å²) in [6.45, 7) is 1.85. The van der Waals surface area contributed by atoms with Gasteiger partial charge in [-0.05, 0) is 49.3 Å². The Hall–Kier alpha value is -3.38. The fourth-order valence-corrected chi connectivity index (χ4v) is 6.18. The van der Waals surface area contributed by atoms with Crippen molar-refractivity contribution in [2.75, 3.05) is 32.0 Å². The van der Waals surface area contributed by atoms with Gasteiger partial charge in [-0.1, -0.05) is 0 Å². The normalized spacial score (nSPS) is 19.8. The van der Waals surface area contributed by atoms with Crippen LogP contribution in [0.15, 0.2) is 24.4 Å². The molecule has 12 heteroatoms. The van der Waals surface area contributed by atoms with Gasteiger partial charge in [-0.2, -0.15) is 0 Å². The number of aryl methyl sites for hydroxylation is 2. The third kappa shape index (κ3) is 4.91. The number of amides is 1. The molecule has 1 aromatic carbocycles. The number of H-pyrrole nitrogens is 1. The number of carbonyl (C=O) groups is 1. The number of likely N-dealkylation sites (tertiary alicyclic amines) is 1. The number of aromatic nitrogens is 2. The molecule has 3 N–H and O–H groups in total. The van der Waals surface area contributed by atoms with Crippen LogP contribution < -0.4 is 10.5 Å². The SMILES string of the molecule is Nc1cc(OC(F)(F)F)ccc1C(=O)N1CCC(c2c(F)cnc3[nH]c4c(c23)CCC2(CC4)OCCO2)CC1. The van der Waals surface area contributed by atoms with Crippen LogP contribution in [0.4, 0.5) is 23.2 Å². The minimum Gasteiger partial charge on any atom is -0.406 e. The van der Waals surface area contributed by atoms with Crippen molar-refractivity contribution in [2.24, 2.45) is 0 Å². The number of anilines is 1. The monoisotopic (exact) mass is 548 g/mol. The number of alkyl halides is 3. The zero-order chi connectivity index (χ0) is 27.4. The molecule has 0 radical (unpaired) electrons. The number of benzene rings is 1. The minimum absolute atomic E-state index is 0.0988. The third-order valence-corrected chi connectivity index (χ3v) is 8.01. The number of carbonyl (C=O) groups excluding carboxylic acids is 1. The van der Waals surface area contributed by atoms with Gasteiger partial charge in [-0.25, -0.2) is 9.37 Å². The van der Waals surface area contributed by atoms with E-state index in [0.29, 0.717) is 69.6 Å². The zero-order valence-corrected chi connectivity index (χ0v) is 21.1. The summed E-state index contributed by atoms with van der Waals surface area (Å²) in [6, 6.07) is 3.28. The van der Waals surface area contributed by atoms with Crippen molar-refractivity contribution in [3.05, 3.63) is 52.6 Å². The lowest BCUT2D eigenvalue weighted by Crippen LogP contribution is -2.38. The van der Waals surface area contributed by atoms with Crippen LogP contribution in [0.1, 0.15) is 58.8 Å². The number of nitrogens with one attached hydrogen (secondary N) is 1. The van der Waals surface area contributed by atoms with Crippen LogP contribution in [0.5, 0.6) is 5.75 Å². The molecule has 2 aliphatic heterocycles. The molecule has 2 aromatic heterocycles. The standard InChI is InChI=1S/C27H28F4N4O4/c28-19-14-33-24-23(18-3-7-26(37-11-12-38-26)8-4-21(18)34-24)22(19)15-5-9-35(10-6-15)25(36)17-2-1-16(13-20(17)32)39-27(29,30)31/h1-2,13-15H,3-12,32H2,(H,33,34). The maximum absolute atomic E-state index is 15.4. The van der Waals surface area contributed by atoms with Gasteiger partial charge in [-0.15, -0.1) is 13.2 Å². The molecule has 208 valence electrons. The first-order chi connectivity index (χ1) is 18.6. The summed E-state index contributed by atoms with van der Waals surface area (Å²) in [5.74, 6) is -1.96. The smallest absolute Gasteiger partial charge is 0.406 e. The molecule has 0 atom stereocenters. The Morgan fingerprint density at radius 3 is 2.56 bits per heavy atom. The van der Waals surface area contributed by atoms with Crippen molar-refractivity contribution in [3.63, 3.8) is 0 Å². The maximum atomic E-state index is 15.4. The summed E-state index contributed by atoms with van der Waals surface area (Å²) in [6.07, 6.45) is 0.236. The highest BCUT2D eigenvalue weighted by atomic mass is 19.4. The van der Waals surface area contributed by atoms with Crippen molar-refractivity contribution >= 4 is 22.6 Å².